The maximum absolute atomic E-state index is 13.8. The van der Waals surface area contributed by atoms with Crippen molar-refractivity contribution in [1.82, 2.24) is 29.5 Å². The van der Waals surface area contributed by atoms with E-state index < -0.39 is 17.7 Å². The highest BCUT2D eigenvalue weighted by Gasteiger charge is 2.38. The zero-order chi connectivity index (χ0) is 22.5. The summed E-state index contributed by atoms with van der Waals surface area (Å²) in [5.41, 5.74) is 1.73. The van der Waals surface area contributed by atoms with Gasteiger partial charge < -0.3 is 4.98 Å². The first-order valence-corrected chi connectivity index (χ1v) is 9.63. The molecule has 1 aromatic carbocycles. The van der Waals surface area contributed by atoms with E-state index in [1.54, 1.807) is 42.5 Å². The van der Waals surface area contributed by atoms with Crippen molar-refractivity contribution in [2.75, 3.05) is 0 Å². The van der Waals surface area contributed by atoms with Gasteiger partial charge in [-0.3, -0.25) is 9.36 Å². The Morgan fingerprint density at radius 1 is 1.03 bits per heavy atom. The highest BCUT2D eigenvalue weighted by atomic mass is 19.4. The van der Waals surface area contributed by atoms with Crippen LogP contribution < -0.4 is 0 Å². The van der Waals surface area contributed by atoms with Crippen molar-refractivity contribution in [3.05, 3.63) is 78.4 Å². The lowest BCUT2D eigenvalue weighted by Crippen LogP contribution is -2.09. The lowest BCUT2D eigenvalue weighted by molar-refractivity contribution is -0.141. The van der Waals surface area contributed by atoms with Crippen LogP contribution in [0, 0.1) is 5.82 Å². The molecule has 0 atom stereocenters. The number of H-pyrrole nitrogens is 1. The van der Waals surface area contributed by atoms with Crippen LogP contribution in [0.5, 0.6) is 0 Å². The van der Waals surface area contributed by atoms with E-state index in [0.29, 0.717) is 22.2 Å². The molecule has 0 saturated heterocycles. The Hall–Kier alpha value is -3.95. The van der Waals surface area contributed by atoms with Gasteiger partial charge in [0, 0.05) is 59.5 Å². The van der Waals surface area contributed by atoms with Crippen molar-refractivity contribution in [2.24, 2.45) is 7.05 Å². The van der Waals surface area contributed by atoms with Crippen LogP contribution in [0.25, 0.3) is 33.3 Å². The van der Waals surface area contributed by atoms with Gasteiger partial charge in [-0.2, -0.15) is 23.4 Å². The maximum Gasteiger partial charge on any atom is 0.435 e. The summed E-state index contributed by atoms with van der Waals surface area (Å²) in [4.78, 5) is 7.28. The van der Waals surface area contributed by atoms with E-state index in [1.165, 1.54) is 35.3 Å². The highest BCUT2D eigenvalue weighted by molar-refractivity contribution is 5.96. The molecule has 0 spiro atoms. The molecule has 4 aromatic heterocycles. The van der Waals surface area contributed by atoms with Crippen LogP contribution in [-0.2, 0) is 19.8 Å². The number of hydrogen-bond acceptors (Lipinski definition) is 3. The average Bonchev–Trinajstić information content (AvgIpc) is 3.45. The fraction of sp³-hybridized carbons (Fsp3) is 0.136. The van der Waals surface area contributed by atoms with E-state index in [0.717, 1.165) is 11.1 Å². The summed E-state index contributed by atoms with van der Waals surface area (Å²) >= 11 is 0. The summed E-state index contributed by atoms with van der Waals surface area (Å²) < 4.78 is 57.8. The number of hydrogen-bond donors (Lipinski definition) is 1. The van der Waals surface area contributed by atoms with E-state index in [4.69, 9.17) is 0 Å². The molecule has 0 aliphatic carbocycles. The summed E-state index contributed by atoms with van der Waals surface area (Å²) in [6, 6.07) is 7.45. The predicted octanol–water partition coefficient (Wildman–Crippen LogP) is 5.03. The number of halogens is 4. The van der Waals surface area contributed by atoms with Crippen molar-refractivity contribution in [1.29, 1.82) is 0 Å². The standard InChI is InChI=1S/C22H16F4N6/c1-31-11-15(8-29-31)14-6-17-18(9-28-21(17)27-7-14)19-12-32(30-20(19)22(24,25)26)10-13-3-2-4-16(23)5-13/h2-9,11-12H,10H2,1H3,(H,27,28). The number of aromatic nitrogens is 6. The van der Waals surface area contributed by atoms with Crippen molar-refractivity contribution < 1.29 is 17.6 Å². The zero-order valence-corrected chi connectivity index (χ0v) is 16.7. The molecule has 162 valence electrons. The fourth-order valence-electron chi connectivity index (χ4n) is 3.69. The monoisotopic (exact) mass is 440 g/mol. The number of nitrogens with zero attached hydrogens (tertiary/aromatic N) is 5. The third kappa shape index (κ3) is 3.64. The Bertz CT molecular complexity index is 1430. The van der Waals surface area contributed by atoms with Crippen molar-refractivity contribution in [3.8, 4) is 22.3 Å². The molecule has 0 aliphatic rings. The Balaban J connectivity index is 1.62. The van der Waals surface area contributed by atoms with Gasteiger partial charge in [0.05, 0.1) is 12.7 Å². The quantitative estimate of drug-likeness (QED) is 0.399. The second kappa shape index (κ2) is 7.33. The SMILES string of the molecule is Cn1cc(-c2cnc3[nH]cc(-c4cn(Cc5cccc(F)c5)nc4C(F)(F)F)c3c2)cn1. The van der Waals surface area contributed by atoms with E-state index in [2.05, 4.69) is 20.2 Å². The van der Waals surface area contributed by atoms with Gasteiger partial charge in [-0.1, -0.05) is 12.1 Å². The molecular weight excluding hydrogens is 424 g/mol. The lowest BCUT2D eigenvalue weighted by atomic mass is 10.0. The third-order valence-corrected chi connectivity index (χ3v) is 5.12. The molecule has 0 aliphatic heterocycles. The smallest absolute Gasteiger partial charge is 0.346 e. The number of aryl methyl sites for hydroxylation is 1. The van der Waals surface area contributed by atoms with Crippen LogP contribution in [0.4, 0.5) is 17.6 Å². The molecule has 10 heteroatoms. The van der Waals surface area contributed by atoms with Gasteiger partial charge >= 0.3 is 6.18 Å². The van der Waals surface area contributed by atoms with Gasteiger partial charge in [-0.05, 0) is 23.8 Å². The van der Waals surface area contributed by atoms with Gasteiger partial charge in [-0.15, -0.1) is 0 Å². The van der Waals surface area contributed by atoms with E-state index in [9.17, 15) is 17.6 Å². The van der Waals surface area contributed by atoms with Crippen LogP contribution in [0.3, 0.4) is 0 Å². The number of aromatic amines is 1. The maximum atomic E-state index is 13.8. The first kappa shape index (κ1) is 20.0. The number of nitrogens with one attached hydrogen (secondary N) is 1. The van der Waals surface area contributed by atoms with Crippen LogP contribution in [-0.4, -0.2) is 29.5 Å². The van der Waals surface area contributed by atoms with Crippen molar-refractivity contribution >= 4 is 11.0 Å². The molecule has 0 radical (unpaired) electrons. The first-order chi connectivity index (χ1) is 15.3. The van der Waals surface area contributed by atoms with Crippen LogP contribution in [0.15, 0.2) is 61.3 Å². The minimum Gasteiger partial charge on any atom is -0.346 e. The van der Waals surface area contributed by atoms with Gasteiger partial charge in [0.15, 0.2) is 5.69 Å². The zero-order valence-electron chi connectivity index (χ0n) is 16.7. The molecule has 0 amide bonds. The molecule has 5 aromatic rings. The molecule has 4 heterocycles. The van der Waals surface area contributed by atoms with Crippen LogP contribution >= 0.6 is 0 Å². The van der Waals surface area contributed by atoms with Crippen molar-refractivity contribution in [3.63, 3.8) is 0 Å². The molecule has 6 nitrogen and oxygen atoms in total. The Kier molecular flexibility index (Phi) is 4.58. The first-order valence-electron chi connectivity index (χ1n) is 9.63. The van der Waals surface area contributed by atoms with Gasteiger partial charge in [0.25, 0.3) is 0 Å². The van der Waals surface area contributed by atoms with Crippen LogP contribution in [0.2, 0.25) is 0 Å². The number of rotatable bonds is 4. The molecule has 32 heavy (non-hydrogen) atoms. The second-order valence-corrected chi connectivity index (χ2v) is 7.44. The largest absolute Gasteiger partial charge is 0.435 e. The minimum atomic E-state index is -4.67. The van der Waals surface area contributed by atoms with Gasteiger partial charge in [0.2, 0.25) is 0 Å². The third-order valence-electron chi connectivity index (χ3n) is 5.12. The summed E-state index contributed by atoms with van der Waals surface area (Å²) in [7, 11) is 1.78. The second-order valence-electron chi connectivity index (χ2n) is 7.44. The van der Waals surface area contributed by atoms with E-state index >= 15 is 0 Å². The van der Waals surface area contributed by atoms with Crippen molar-refractivity contribution in [2.45, 2.75) is 12.7 Å². The summed E-state index contributed by atoms with van der Waals surface area (Å²) in [5, 5.41) is 8.43. The molecule has 1 N–H and O–H groups in total. The van der Waals surface area contributed by atoms with E-state index in [1.807, 2.05) is 0 Å². The minimum absolute atomic E-state index is 0.00236. The summed E-state index contributed by atoms with van der Waals surface area (Å²) in [6.07, 6.45) is 3.25. The fourth-order valence-corrected chi connectivity index (χ4v) is 3.69. The van der Waals surface area contributed by atoms with Gasteiger partial charge in [0.1, 0.15) is 11.5 Å². The topological polar surface area (TPSA) is 64.3 Å². The van der Waals surface area contributed by atoms with Gasteiger partial charge in [-0.25, -0.2) is 9.37 Å². The van der Waals surface area contributed by atoms with E-state index in [-0.39, 0.29) is 12.1 Å². The molecule has 0 fully saturated rings. The normalized spacial score (nSPS) is 12.0. The predicted molar refractivity (Wildman–Crippen MR) is 110 cm³/mol. The Morgan fingerprint density at radius 3 is 2.59 bits per heavy atom. The summed E-state index contributed by atoms with van der Waals surface area (Å²) in [6.45, 7) is 0.00236. The number of pyridine rings is 1. The highest BCUT2D eigenvalue weighted by Crippen LogP contribution is 2.39. The Labute approximate surface area is 179 Å². The molecule has 0 bridgehead atoms. The molecule has 0 saturated carbocycles. The molecule has 5 rings (SSSR count). The number of benzene rings is 1. The number of fused-ring (bicyclic) bond motifs is 1. The Morgan fingerprint density at radius 2 is 1.88 bits per heavy atom. The summed E-state index contributed by atoms with van der Waals surface area (Å²) in [5.74, 6) is -0.462. The molecular formula is C22H16F4N6. The van der Waals surface area contributed by atoms with Crippen LogP contribution in [0.1, 0.15) is 11.3 Å². The lowest BCUT2D eigenvalue weighted by Gasteiger charge is -2.05. The number of alkyl halides is 3. The average molecular weight is 440 g/mol. The molecule has 0 unspecified atom stereocenters.